The number of hydrogen-bond donors (Lipinski definition) is 0. The lowest BCUT2D eigenvalue weighted by Gasteiger charge is -2.15. The monoisotopic (exact) mass is 354 g/mol. The predicted molar refractivity (Wildman–Crippen MR) is 88.4 cm³/mol. The van der Waals surface area contributed by atoms with Crippen LogP contribution in [0.25, 0.3) is 0 Å². The highest BCUT2D eigenvalue weighted by Gasteiger charge is 2.16. The highest BCUT2D eigenvalue weighted by molar-refractivity contribution is 9.10. The molecule has 0 spiro atoms. The molecule has 20 heavy (non-hydrogen) atoms. The second-order valence-electron chi connectivity index (χ2n) is 5.39. The van der Waals surface area contributed by atoms with Crippen LogP contribution < -0.4 is 0 Å². The lowest BCUT2D eigenvalue weighted by atomic mass is 9.95. The first-order chi connectivity index (χ1) is 9.51. The summed E-state index contributed by atoms with van der Waals surface area (Å²) < 4.78 is 3.06. The van der Waals surface area contributed by atoms with Gasteiger partial charge in [0, 0.05) is 12.9 Å². The van der Waals surface area contributed by atoms with Gasteiger partial charge in [0.05, 0.1) is 15.9 Å². The van der Waals surface area contributed by atoms with Crippen molar-refractivity contribution in [2.75, 3.05) is 5.88 Å². The molecule has 0 N–H and O–H groups in total. The Bertz CT molecular complexity index is 592. The van der Waals surface area contributed by atoms with Gasteiger partial charge < -0.3 is 0 Å². The average molecular weight is 356 g/mol. The maximum Gasteiger partial charge on any atom is 0.0738 e. The van der Waals surface area contributed by atoms with E-state index in [4.69, 9.17) is 11.6 Å². The van der Waals surface area contributed by atoms with Gasteiger partial charge in [-0.2, -0.15) is 5.10 Å². The van der Waals surface area contributed by atoms with Crippen molar-refractivity contribution >= 4 is 27.5 Å². The van der Waals surface area contributed by atoms with Crippen LogP contribution in [-0.2, 0) is 19.9 Å². The van der Waals surface area contributed by atoms with Gasteiger partial charge in [-0.3, -0.25) is 4.68 Å². The number of benzene rings is 1. The quantitative estimate of drug-likeness (QED) is 0.725. The molecule has 1 heterocycles. The summed E-state index contributed by atoms with van der Waals surface area (Å²) in [6, 6.07) is 8.65. The Labute approximate surface area is 134 Å². The molecule has 1 aromatic heterocycles. The van der Waals surface area contributed by atoms with Crippen LogP contribution in [0.2, 0.25) is 0 Å². The number of alkyl halides is 1. The number of aromatic nitrogens is 2. The Morgan fingerprint density at radius 2 is 2.05 bits per heavy atom. The molecule has 4 heteroatoms. The van der Waals surface area contributed by atoms with Gasteiger partial charge in [0.2, 0.25) is 0 Å². The van der Waals surface area contributed by atoms with E-state index in [1.165, 1.54) is 16.8 Å². The van der Waals surface area contributed by atoms with E-state index in [9.17, 15) is 0 Å². The van der Waals surface area contributed by atoms with Crippen LogP contribution in [0.4, 0.5) is 0 Å². The van der Waals surface area contributed by atoms with E-state index in [0.29, 0.717) is 11.8 Å². The molecule has 0 aliphatic rings. The van der Waals surface area contributed by atoms with Crippen molar-refractivity contribution in [2.45, 2.75) is 26.7 Å². The summed E-state index contributed by atoms with van der Waals surface area (Å²) in [5.74, 6) is 1.08. The van der Waals surface area contributed by atoms with Gasteiger partial charge in [-0.05, 0) is 54.1 Å². The molecule has 1 aromatic carbocycles. The molecule has 0 saturated carbocycles. The fraction of sp³-hybridized carbons (Fsp3) is 0.438. The number of hydrogen-bond acceptors (Lipinski definition) is 1. The normalized spacial score (nSPS) is 12.7. The zero-order valence-electron chi connectivity index (χ0n) is 12.2. The van der Waals surface area contributed by atoms with Crippen LogP contribution in [0, 0.1) is 19.8 Å². The van der Waals surface area contributed by atoms with Crippen LogP contribution in [0.3, 0.4) is 0 Å². The topological polar surface area (TPSA) is 17.8 Å². The molecule has 108 valence electrons. The number of nitrogens with zero attached hydrogens (tertiary/aromatic N) is 2. The molecule has 2 nitrogen and oxygen atoms in total. The van der Waals surface area contributed by atoms with E-state index in [2.05, 4.69) is 52.2 Å². The van der Waals surface area contributed by atoms with Crippen molar-refractivity contribution in [1.82, 2.24) is 9.78 Å². The summed E-state index contributed by atoms with van der Waals surface area (Å²) in [6.07, 6.45) is 1.94. The van der Waals surface area contributed by atoms with Crippen molar-refractivity contribution in [2.24, 2.45) is 13.0 Å². The van der Waals surface area contributed by atoms with Gasteiger partial charge in [-0.25, -0.2) is 0 Å². The maximum absolute atomic E-state index is 6.17. The highest BCUT2D eigenvalue weighted by atomic mass is 79.9. The Balaban J connectivity index is 2.13. The average Bonchev–Trinajstić information content (AvgIpc) is 2.64. The van der Waals surface area contributed by atoms with E-state index in [-0.39, 0.29) is 0 Å². The first kappa shape index (κ1) is 15.6. The lowest BCUT2D eigenvalue weighted by Crippen LogP contribution is -2.13. The molecule has 0 fully saturated rings. The zero-order valence-corrected chi connectivity index (χ0v) is 14.5. The van der Waals surface area contributed by atoms with Gasteiger partial charge in [0.1, 0.15) is 0 Å². The second kappa shape index (κ2) is 6.77. The second-order valence-corrected chi connectivity index (χ2v) is 6.49. The molecule has 0 aliphatic carbocycles. The van der Waals surface area contributed by atoms with E-state index in [0.717, 1.165) is 23.0 Å². The van der Waals surface area contributed by atoms with Crippen LogP contribution in [0.15, 0.2) is 28.7 Å². The van der Waals surface area contributed by atoms with Gasteiger partial charge in [-0.1, -0.05) is 29.8 Å². The number of aryl methyl sites for hydroxylation is 3. The molecule has 0 bridgehead atoms. The van der Waals surface area contributed by atoms with Gasteiger partial charge >= 0.3 is 0 Å². The van der Waals surface area contributed by atoms with Gasteiger partial charge in [0.15, 0.2) is 0 Å². The Morgan fingerprint density at radius 1 is 1.30 bits per heavy atom. The summed E-state index contributed by atoms with van der Waals surface area (Å²) in [5.41, 5.74) is 4.91. The third kappa shape index (κ3) is 3.64. The minimum absolute atomic E-state index is 0.421. The van der Waals surface area contributed by atoms with E-state index >= 15 is 0 Å². The van der Waals surface area contributed by atoms with Crippen LogP contribution in [0.5, 0.6) is 0 Å². The molecular weight excluding hydrogens is 336 g/mol. The SMILES string of the molecule is Cc1cccc(CC(CCl)Cc2c(Br)c(C)nn2C)c1. The van der Waals surface area contributed by atoms with E-state index in [1.807, 2.05) is 18.7 Å². The first-order valence-corrected chi connectivity index (χ1v) is 8.13. The van der Waals surface area contributed by atoms with Crippen LogP contribution in [0.1, 0.15) is 22.5 Å². The summed E-state index contributed by atoms with van der Waals surface area (Å²) in [7, 11) is 1.99. The molecular formula is C16H20BrClN2. The Kier molecular flexibility index (Phi) is 5.28. The minimum atomic E-state index is 0.421. The summed E-state index contributed by atoms with van der Waals surface area (Å²) >= 11 is 9.80. The van der Waals surface area contributed by atoms with Crippen molar-refractivity contribution in [1.29, 1.82) is 0 Å². The minimum Gasteiger partial charge on any atom is -0.271 e. The largest absolute Gasteiger partial charge is 0.271 e. The van der Waals surface area contributed by atoms with Crippen molar-refractivity contribution in [3.63, 3.8) is 0 Å². The van der Waals surface area contributed by atoms with Crippen molar-refractivity contribution in [3.05, 3.63) is 51.3 Å². The molecule has 0 radical (unpaired) electrons. The third-order valence-corrected chi connectivity index (χ3v) is 5.04. The Morgan fingerprint density at radius 3 is 2.60 bits per heavy atom. The van der Waals surface area contributed by atoms with Gasteiger partial charge in [0.25, 0.3) is 0 Å². The molecule has 0 saturated heterocycles. The fourth-order valence-corrected chi connectivity index (χ4v) is 3.25. The van der Waals surface area contributed by atoms with E-state index in [1.54, 1.807) is 0 Å². The maximum atomic E-state index is 6.17. The zero-order chi connectivity index (χ0) is 14.7. The van der Waals surface area contributed by atoms with Crippen molar-refractivity contribution in [3.8, 4) is 0 Å². The molecule has 0 aliphatic heterocycles. The summed E-state index contributed by atoms with van der Waals surface area (Å²) in [6.45, 7) is 4.14. The van der Waals surface area contributed by atoms with E-state index < -0.39 is 0 Å². The number of halogens is 2. The first-order valence-electron chi connectivity index (χ1n) is 6.80. The highest BCUT2D eigenvalue weighted by Crippen LogP contribution is 2.25. The number of rotatable bonds is 5. The van der Waals surface area contributed by atoms with Crippen LogP contribution >= 0.6 is 27.5 Å². The van der Waals surface area contributed by atoms with Gasteiger partial charge in [-0.15, -0.1) is 11.6 Å². The molecule has 1 atom stereocenters. The fourth-order valence-electron chi connectivity index (χ4n) is 2.53. The smallest absolute Gasteiger partial charge is 0.0738 e. The summed E-state index contributed by atoms with van der Waals surface area (Å²) in [4.78, 5) is 0. The standard InChI is InChI=1S/C16H20BrClN2/c1-11-5-4-6-13(7-11)8-14(10-18)9-15-16(17)12(2)19-20(15)3/h4-7,14H,8-10H2,1-3H3. The molecule has 0 amide bonds. The van der Waals surface area contributed by atoms with Crippen molar-refractivity contribution < 1.29 is 0 Å². The molecule has 2 rings (SSSR count). The predicted octanol–water partition coefficient (Wildman–Crippen LogP) is 4.44. The lowest BCUT2D eigenvalue weighted by molar-refractivity contribution is 0.550. The Hall–Kier alpha value is -0.800. The molecule has 2 aromatic rings. The summed E-state index contributed by atoms with van der Waals surface area (Å²) in [5, 5.41) is 4.45. The molecule has 1 unspecified atom stereocenters. The third-order valence-electron chi connectivity index (χ3n) is 3.57. The van der Waals surface area contributed by atoms with Crippen LogP contribution in [-0.4, -0.2) is 15.7 Å².